The summed E-state index contributed by atoms with van der Waals surface area (Å²) in [5.74, 6) is -0.661. The Bertz CT molecular complexity index is 1150. The number of hydroxylamine groups is 1. The lowest BCUT2D eigenvalue weighted by Crippen LogP contribution is -2.19. The quantitative estimate of drug-likeness (QED) is 0.293. The maximum absolute atomic E-state index is 11.7. The zero-order valence-electron chi connectivity index (χ0n) is 13.6. The summed E-state index contributed by atoms with van der Waals surface area (Å²) in [6, 6.07) is 15.0. The van der Waals surface area contributed by atoms with E-state index in [-0.39, 0.29) is 5.69 Å². The van der Waals surface area contributed by atoms with Crippen molar-refractivity contribution in [3.8, 4) is 0 Å². The van der Waals surface area contributed by atoms with Crippen LogP contribution in [0.5, 0.6) is 0 Å². The SMILES string of the molecule is Nc1ccc2c(c1)c1cc(C(=O)NO)ncc1n2Cc1cccc(Cl)c1. The van der Waals surface area contributed by atoms with E-state index in [1.807, 2.05) is 42.5 Å². The summed E-state index contributed by atoms with van der Waals surface area (Å²) >= 11 is 6.11. The van der Waals surface area contributed by atoms with Crippen molar-refractivity contribution in [2.45, 2.75) is 6.54 Å². The molecule has 2 aromatic carbocycles. The second kappa shape index (κ2) is 6.33. The molecule has 2 aromatic heterocycles. The predicted octanol–water partition coefficient (Wildman–Crippen LogP) is 3.59. The number of halogens is 1. The van der Waals surface area contributed by atoms with Gasteiger partial charge >= 0.3 is 0 Å². The minimum absolute atomic E-state index is 0.129. The molecule has 0 saturated heterocycles. The second-order valence-electron chi connectivity index (χ2n) is 6.02. The van der Waals surface area contributed by atoms with E-state index < -0.39 is 5.91 Å². The molecule has 0 aliphatic rings. The molecule has 0 saturated carbocycles. The minimum atomic E-state index is -0.661. The third kappa shape index (κ3) is 2.75. The Morgan fingerprint density at radius 3 is 2.73 bits per heavy atom. The number of benzene rings is 2. The van der Waals surface area contributed by atoms with Crippen molar-refractivity contribution in [2.75, 3.05) is 5.73 Å². The summed E-state index contributed by atoms with van der Waals surface area (Å²) in [5.41, 5.74) is 11.2. The van der Waals surface area contributed by atoms with Gasteiger partial charge in [0.2, 0.25) is 0 Å². The number of carbonyl (C=O) groups is 1. The van der Waals surface area contributed by atoms with Gasteiger partial charge in [-0.2, -0.15) is 0 Å². The molecule has 4 aromatic rings. The summed E-state index contributed by atoms with van der Waals surface area (Å²) in [5, 5.41) is 11.3. The highest BCUT2D eigenvalue weighted by atomic mass is 35.5. The molecular weight excluding hydrogens is 352 g/mol. The normalized spacial score (nSPS) is 11.2. The van der Waals surface area contributed by atoms with Crippen LogP contribution in [-0.4, -0.2) is 20.7 Å². The van der Waals surface area contributed by atoms with E-state index in [1.54, 1.807) is 17.7 Å². The molecule has 130 valence electrons. The number of nitrogens with two attached hydrogens (primary N) is 1. The van der Waals surface area contributed by atoms with Crippen LogP contribution in [0, 0.1) is 0 Å². The van der Waals surface area contributed by atoms with Crippen LogP contribution in [0.4, 0.5) is 5.69 Å². The number of nitrogens with zero attached hydrogens (tertiary/aromatic N) is 2. The molecule has 0 atom stereocenters. The highest BCUT2D eigenvalue weighted by Gasteiger charge is 2.15. The molecule has 4 rings (SSSR count). The van der Waals surface area contributed by atoms with E-state index in [2.05, 4.69) is 9.55 Å². The van der Waals surface area contributed by atoms with Crippen molar-refractivity contribution in [1.82, 2.24) is 15.0 Å². The highest BCUT2D eigenvalue weighted by molar-refractivity contribution is 6.30. The molecule has 4 N–H and O–H groups in total. The Morgan fingerprint density at radius 2 is 1.96 bits per heavy atom. The maximum atomic E-state index is 11.7. The van der Waals surface area contributed by atoms with Gasteiger partial charge < -0.3 is 10.3 Å². The third-order valence-electron chi connectivity index (χ3n) is 4.34. The lowest BCUT2D eigenvalue weighted by molar-refractivity contribution is 0.0701. The lowest BCUT2D eigenvalue weighted by atomic mass is 10.1. The first-order chi connectivity index (χ1) is 12.6. The smallest absolute Gasteiger partial charge is 0.293 e. The molecule has 26 heavy (non-hydrogen) atoms. The molecule has 0 unspecified atom stereocenters. The largest absolute Gasteiger partial charge is 0.399 e. The number of fused-ring (bicyclic) bond motifs is 3. The van der Waals surface area contributed by atoms with E-state index in [4.69, 9.17) is 22.5 Å². The number of hydrogen-bond donors (Lipinski definition) is 3. The van der Waals surface area contributed by atoms with Crippen LogP contribution in [0.2, 0.25) is 5.02 Å². The highest BCUT2D eigenvalue weighted by Crippen LogP contribution is 2.31. The van der Waals surface area contributed by atoms with Crippen LogP contribution >= 0.6 is 11.6 Å². The maximum Gasteiger partial charge on any atom is 0.293 e. The van der Waals surface area contributed by atoms with Gasteiger partial charge in [0.25, 0.3) is 5.91 Å². The summed E-state index contributed by atoms with van der Waals surface area (Å²) in [7, 11) is 0. The third-order valence-corrected chi connectivity index (χ3v) is 4.57. The average molecular weight is 367 g/mol. The molecule has 0 bridgehead atoms. The van der Waals surface area contributed by atoms with E-state index in [1.165, 1.54) is 0 Å². The van der Waals surface area contributed by atoms with Crippen molar-refractivity contribution in [2.24, 2.45) is 0 Å². The number of hydrogen-bond acceptors (Lipinski definition) is 4. The molecule has 1 amide bonds. The number of nitrogen functional groups attached to an aromatic ring is 1. The summed E-state index contributed by atoms with van der Waals surface area (Å²) in [6.07, 6.45) is 1.63. The van der Waals surface area contributed by atoms with Crippen LogP contribution in [0.25, 0.3) is 21.8 Å². The van der Waals surface area contributed by atoms with Crippen molar-refractivity contribution in [1.29, 1.82) is 0 Å². The van der Waals surface area contributed by atoms with Crippen LogP contribution in [0.15, 0.2) is 54.7 Å². The van der Waals surface area contributed by atoms with Crippen molar-refractivity contribution >= 4 is 45.0 Å². The van der Waals surface area contributed by atoms with Crippen LogP contribution < -0.4 is 11.2 Å². The zero-order valence-corrected chi connectivity index (χ0v) is 14.4. The fourth-order valence-corrected chi connectivity index (χ4v) is 3.40. The molecule has 0 aliphatic carbocycles. The first-order valence-electron chi connectivity index (χ1n) is 7.93. The summed E-state index contributed by atoms with van der Waals surface area (Å²) < 4.78 is 2.10. The van der Waals surface area contributed by atoms with Gasteiger partial charge in [-0.3, -0.25) is 10.0 Å². The average Bonchev–Trinajstić information content (AvgIpc) is 2.93. The van der Waals surface area contributed by atoms with Gasteiger partial charge in [0, 0.05) is 33.5 Å². The molecule has 2 heterocycles. The molecule has 6 nitrogen and oxygen atoms in total. The zero-order chi connectivity index (χ0) is 18.3. The fourth-order valence-electron chi connectivity index (χ4n) is 3.18. The van der Waals surface area contributed by atoms with Gasteiger partial charge in [-0.1, -0.05) is 23.7 Å². The Balaban J connectivity index is 1.97. The van der Waals surface area contributed by atoms with Crippen LogP contribution in [0.1, 0.15) is 16.1 Å². The number of carbonyl (C=O) groups excluding carboxylic acids is 1. The number of amides is 1. The molecular formula is C19H15ClN4O2. The van der Waals surface area contributed by atoms with E-state index >= 15 is 0 Å². The number of aromatic nitrogens is 2. The first-order valence-corrected chi connectivity index (χ1v) is 8.31. The first kappa shape index (κ1) is 16.4. The second-order valence-corrected chi connectivity index (χ2v) is 6.46. The fraction of sp³-hybridized carbons (Fsp3) is 0.0526. The van der Waals surface area contributed by atoms with E-state index in [9.17, 15) is 4.79 Å². The summed E-state index contributed by atoms with van der Waals surface area (Å²) in [6.45, 7) is 0.595. The molecule has 0 fully saturated rings. The van der Waals surface area contributed by atoms with E-state index in [0.717, 1.165) is 27.4 Å². The van der Waals surface area contributed by atoms with Crippen molar-refractivity contribution < 1.29 is 10.0 Å². The van der Waals surface area contributed by atoms with Crippen LogP contribution in [-0.2, 0) is 6.54 Å². The minimum Gasteiger partial charge on any atom is -0.399 e. The standard InChI is InChI=1S/C19H15ClN4O2/c20-12-3-1-2-11(6-12)10-24-17-5-4-13(21)7-14(17)15-8-16(19(25)23-26)22-9-18(15)24/h1-9,26H,10,21H2,(H,23,25). The lowest BCUT2D eigenvalue weighted by Gasteiger charge is -2.08. The van der Waals surface area contributed by atoms with Gasteiger partial charge in [0.15, 0.2) is 0 Å². The Labute approximate surface area is 153 Å². The van der Waals surface area contributed by atoms with Gasteiger partial charge in [-0.15, -0.1) is 0 Å². The van der Waals surface area contributed by atoms with Gasteiger partial charge in [-0.25, -0.2) is 10.5 Å². The van der Waals surface area contributed by atoms with Crippen molar-refractivity contribution in [3.63, 3.8) is 0 Å². The van der Waals surface area contributed by atoms with Crippen LogP contribution in [0.3, 0.4) is 0 Å². The molecule has 7 heteroatoms. The van der Waals surface area contributed by atoms with E-state index in [0.29, 0.717) is 17.3 Å². The summed E-state index contributed by atoms with van der Waals surface area (Å²) in [4.78, 5) is 15.9. The topological polar surface area (TPSA) is 93.2 Å². The van der Waals surface area contributed by atoms with Gasteiger partial charge in [-0.05, 0) is 42.0 Å². The predicted molar refractivity (Wildman–Crippen MR) is 101 cm³/mol. The van der Waals surface area contributed by atoms with Crippen molar-refractivity contribution in [3.05, 3.63) is 71.0 Å². The molecule has 0 aliphatic heterocycles. The number of rotatable bonds is 3. The Hall–Kier alpha value is -3.09. The molecule has 0 radical (unpaired) electrons. The number of pyridine rings is 1. The van der Waals surface area contributed by atoms with Gasteiger partial charge in [0.1, 0.15) is 5.69 Å². The van der Waals surface area contributed by atoms with Gasteiger partial charge in [0.05, 0.1) is 11.7 Å². The monoisotopic (exact) mass is 366 g/mol. The number of nitrogens with one attached hydrogen (secondary N) is 1. The Morgan fingerprint density at radius 1 is 1.15 bits per heavy atom. The number of anilines is 1. The molecule has 0 spiro atoms. The Kier molecular flexibility index (Phi) is 3.99.